The van der Waals surface area contributed by atoms with Crippen LogP contribution in [0.3, 0.4) is 0 Å². The molecule has 0 bridgehead atoms. The number of esters is 2. The van der Waals surface area contributed by atoms with Crippen LogP contribution in [0.1, 0.15) is 29.5 Å². The summed E-state index contributed by atoms with van der Waals surface area (Å²) < 4.78 is 42.3. The van der Waals surface area contributed by atoms with Gasteiger partial charge in [0.15, 0.2) is 6.61 Å². The molecule has 7 rings (SSSR count). The topological polar surface area (TPSA) is 175 Å². The predicted octanol–water partition coefficient (Wildman–Crippen LogP) is 4.07. The summed E-state index contributed by atoms with van der Waals surface area (Å²) in [4.78, 5) is 76.5. The highest BCUT2D eigenvalue weighted by Crippen LogP contribution is 2.49. The SMILES string of the molecule is COC(=O)CN1CCOCCN(CC(=O)OC)c2cc(OCC(=O)ON3C(=O)CCC3=O)c(C3=C4C=CC(N(C)C)C=C4Oc4cc(N(C)C)ccc43)cc2OCCOc2cc(C)ccc21. The number of likely N-dealkylation sites (N-methyl/N-ethyl adjacent to an activating group) is 1. The summed E-state index contributed by atoms with van der Waals surface area (Å²) in [6, 6.07) is 14.9. The van der Waals surface area contributed by atoms with Crippen molar-refractivity contribution >= 4 is 52.4 Å². The zero-order valence-corrected chi connectivity index (χ0v) is 38.2. The molecule has 0 saturated carbocycles. The lowest BCUT2D eigenvalue weighted by Crippen LogP contribution is -2.36. The van der Waals surface area contributed by atoms with Crippen LogP contribution >= 0.6 is 0 Å². The fourth-order valence-electron chi connectivity index (χ4n) is 7.74. The van der Waals surface area contributed by atoms with Crippen molar-refractivity contribution in [2.24, 2.45) is 0 Å². The maximum atomic E-state index is 13.4. The lowest BCUT2D eigenvalue weighted by molar-refractivity contribution is -0.198. The molecule has 3 aromatic carbocycles. The molecule has 0 aromatic heterocycles. The van der Waals surface area contributed by atoms with E-state index in [1.165, 1.54) is 14.2 Å². The van der Waals surface area contributed by atoms with Crippen molar-refractivity contribution in [3.8, 4) is 23.0 Å². The van der Waals surface area contributed by atoms with Crippen LogP contribution < -0.4 is 33.6 Å². The Kier molecular flexibility index (Phi) is 14.8. The lowest BCUT2D eigenvalue weighted by atomic mass is 9.86. The number of carbonyl (C=O) groups excluding carboxylic acids is 5. The molecular formula is C48H55N5O13. The van der Waals surface area contributed by atoms with E-state index >= 15 is 0 Å². The van der Waals surface area contributed by atoms with Crippen LogP contribution in [0.5, 0.6) is 23.0 Å². The van der Waals surface area contributed by atoms with Gasteiger partial charge in [-0.15, -0.1) is 5.06 Å². The van der Waals surface area contributed by atoms with E-state index in [0.717, 1.165) is 16.8 Å². The number of aryl methyl sites for hydroxylation is 1. The number of nitrogens with zero attached hydrogens (tertiary/aromatic N) is 5. The zero-order valence-electron chi connectivity index (χ0n) is 38.2. The standard InChI is InChI=1S/C48H55N5O13/c1-30-8-13-36-41(22-30)62-20-21-63-42-25-35(48-33-11-9-31(49(2)3)23-39(33)65-40-24-32(50(4)5)10-12-34(40)48)38(64-29-47(58)66-53-43(54)14-15-44(53)55)26-37(42)52(28-46(57)60-7)17-19-61-18-16-51(36)27-45(56)59-6/h8-13,22-26,31H,14-21,27-29H2,1-7H3. The zero-order chi connectivity index (χ0) is 47.1. The third-order valence-corrected chi connectivity index (χ3v) is 11.3. The maximum absolute atomic E-state index is 13.4. The van der Waals surface area contributed by atoms with Crippen molar-refractivity contribution in [1.82, 2.24) is 9.96 Å². The number of amides is 2. The summed E-state index contributed by atoms with van der Waals surface area (Å²) >= 11 is 0. The number of hydrogen-bond donors (Lipinski definition) is 0. The van der Waals surface area contributed by atoms with Gasteiger partial charge in [-0.2, -0.15) is 0 Å². The largest absolute Gasteiger partial charge is 0.488 e. The molecule has 3 heterocycles. The Bertz CT molecular complexity index is 2450. The van der Waals surface area contributed by atoms with Gasteiger partial charge in [0.05, 0.1) is 38.8 Å². The number of ether oxygens (including phenoxy) is 7. The number of methoxy groups -OCH3 is 2. The van der Waals surface area contributed by atoms with Gasteiger partial charge in [0.25, 0.3) is 11.8 Å². The Morgan fingerprint density at radius 1 is 0.742 bits per heavy atom. The molecule has 0 spiro atoms. The quantitative estimate of drug-likeness (QED) is 0.199. The third-order valence-electron chi connectivity index (χ3n) is 11.3. The predicted molar refractivity (Wildman–Crippen MR) is 243 cm³/mol. The Labute approximate surface area is 383 Å². The van der Waals surface area contributed by atoms with Gasteiger partial charge in [0, 0.05) is 86.2 Å². The van der Waals surface area contributed by atoms with Gasteiger partial charge in [-0.3, -0.25) is 24.1 Å². The molecule has 1 unspecified atom stereocenters. The number of hydroxylamine groups is 2. The number of benzene rings is 3. The van der Waals surface area contributed by atoms with Crippen molar-refractivity contribution in [2.45, 2.75) is 25.8 Å². The second kappa shape index (κ2) is 20.8. The van der Waals surface area contributed by atoms with E-state index in [9.17, 15) is 24.0 Å². The van der Waals surface area contributed by atoms with Gasteiger partial charge >= 0.3 is 17.9 Å². The third kappa shape index (κ3) is 10.7. The highest BCUT2D eigenvalue weighted by atomic mass is 16.7. The van der Waals surface area contributed by atoms with Crippen LogP contribution in [-0.2, 0) is 43.0 Å². The molecular weight excluding hydrogens is 855 g/mol. The normalized spacial score (nSPS) is 17.4. The average Bonchev–Trinajstić information content (AvgIpc) is 3.61. The summed E-state index contributed by atoms with van der Waals surface area (Å²) in [6.45, 7) is 1.85. The summed E-state index contributed by atoms with van der Waals surface area (Å²) in [5.74, 6) is -1.04. The first-order valence-electron chi connectivity index (χ1n) is 21.5. The van der Waals surface area contributed by atoms with Gasteiger partial charge in [-0.1, -0.05) is 18.2 Å². The Hall–Kier alpha value is -7.05. The van der Waals surface area contributed by atoms with Crippen LogP contribution in [0.25, 0.3) is 5.57 Å². The molecule has 0 radical (unpaired) electrons. The number of anilines is 3. The summed E-state index contributed by atoms with van der Waals surface area (Å²) in [6.07, 6.45) is 5.90. The van der Waals surface area contributed by atoms with Crippen molar-refractivity contribution in [3.05, 3.63) is 94.8 Å². The van der Waals surface area contributed by atoms with Crippen molar-refractivity contribution < 1.29 is 62.0 Å². The monoisotopic (exact) mass is 909 g/mol. The first-order valence-corrected chi connectivity index (χ1v) is 21.5. The van der Waals surface area contributed by atoms with E-state index in [4.69, 9.17) is 38.0 Å². The molecule has 1 aliphatic carbocycles. The first-order chi connectivity index (χ1) is 31.7. The van der Waals surface area contributed by atoms with Crippen LogP contribution in [0.2, 0.25) is 0 Å². The van der Waals surface area contributed by atoms with Gasteiger partial charge in [0.1, 0.15) is 55.1 Å². The van der Waals surface area contributed by atoms with Crippen LogP contribution in [0, 0.1) is 6.92 Å². The summed E-state index contributed by atoms with van der Waals surface area (Å²) in [5.41, 5.74) is 5.51. The number of carbonyl (C=O) groups is 5. The molecule has 66 heavy (non-hydrogen) atoms. The van der Waals surface area contributed by atoms with Crippen molar-refractivity contribution in [2.75, 3.05) is 116 Å². The van der Waals surface area contributed by atoms with Crippen LogP contribution in [-0.4, -0.2) is 147 Å². The molecule has 18 heteroatoms. The van der Waals surface area contributed by atoms with Gasteiger partial charge in [-0.05, 0) is 63.0 Å². The molecule has 1 saturated heterocycles. The molecule has 0 N–H and O–H groups in total. The Morgan fingerprint density at radius 3 is 2.03 bits per heavy atom. The molecule has 2 amide bonds. The Morgan fingerprint density at radius 2 is 1.39 bits per heavy atom. The second-order valence-corrected chi connectivity index (χ2v) is 16.2. The first kappa shape index (κ1) is 46.9. The van der Waals surface area contributed by atoms with Gasteiger partial charge in [0.2, 0.25) is 0 Å². The summed E-state index contributed by atoms with van der Waals surface area (Å²) in [5, 5.41) is 0.466. The molecule has 3 aromatic rings. The second-order valence-electron chi connectivity index (χ2n) is 16.2. The highest BCUT2D eigenvalue weighted by Gasteiger charge is 2.35. The minimum atomic E-state index is -0.988. The molecule has 1 fully saturated rings. The van der Waals surface area contributed by atoms with E-state index in [1.54, 1.807) is 17.0 Å². The number of fused-ring (bicyclic) bond motifs is 4. The fraction of sp³-hybridized carbons (Fsp3) is 0.396. The van der Waals surface area contributed by atoms with E-state index in [2.05, 4.69) is 0 Å². The van der Waals surface area contributed by atoms with E-state index in [-0.39, 0.29) is 70.7 Å². The molecule has 4 aliphatic rings. The van der Waals surface area contributed by atoms with Crippen LogP contribution in [0.15, 0.2) is 78.1 Å². The molecule has 3 aliphatic heterocycles. The molecule has 18 nitrogen and oxygen atoms in total. The van der Waals surface area contributed by atoms with Crippen LogP contribution in [0.4, 0.5) is 17.1 Å². The van der Waals surface area contributed by atoms with E-state index in [1.807, 2.05) is 104 Å². The van der Waals surface area contributed by atoms with E-state index in [0.29, 0.717) is 62.7 Å². The maximum Gasteiger partial charge on any atom is 0.370 e. The fourth-order valence-corrected chi connectivity index (χ4v) is 7.74. The summed E-state index contributed by atoms with van der Waals surface area (Å²) in [7, 11) is 10.4. The van der Waals surface area contributed by atoms with Gasteiger partial charge in [-0.25, -0.2) is 4.79 Å². The van der Waals surface area contributed by atoms with Crippen molar-refractivity contribution in [3.63, 3.8) is 0 Å². The lowest BCUT2D eigenvalue weighted by Gasteiger charge is -2.32. The van der Waals surface area contributed by atoms with E-state index < -0.39 is 36.3 Å². The molecule has 1 atom stereocenters. The van der Waals surface area contributed by atoms with Crippen molar-refractivity contribution in [1.29, 1.82) is 0 Å². The minimum absolute atomic E-state index is 0.0250. The minimum Gasteiger partial charge on any atom is -0.488 e. The number of allylic oxidation sites excluding steroid dienone is 1. The smallest absolute Gasteiger partial charge is 0.370 e. The van der Waals surface area contributed by atoms with Gasteiger partial charge < -0.3 is 52.7 Å². The average molecular weight is 910 g/mol. The number of imide groups is 1. The molecule has 350 valence electrons. The number of rotatable bonds is 11. The highest BCUT2D eigenvalue weighted by molar-refractivity contribution is 6.01. The number of hydrogen-bond acceptors (Lipinski definition) is 17. The Balaban J connectivity index is 1.37.